The summed E-state index contributed by atoms with van der Waals surface area (Å²) in [7, 11) is 0. The number of fused-ring (bicyclic) bond motifs is 1. The lowest BCUT2D eigenvalue weighted by molar-refractivity contribution is 1.35. The van der Waals surface area contributed by atoms with Gasteiger partial charge in [-0.2, -0.15) is 0 Å². The Kier molecular flexibility index (Phi) is 2.42. The molecule has 3 heteroatoms. The summed E-state index contributed by atoms with van der Waals surface area (Å²) < 4.78 is 0. The maximum absolute atomic E-state index is 5.96. The second-order valence-electron chi connectivity index (χ2n) is 2.68. The largest absolute Gasteiger partial charge is 0.255 e. The van der Waals surface area contributed by atoms with Crippen molar-refractivity contribution in [3.05, 3.63) is 35.5 Å². The Morgan fingerprint density at radius 1 is 1.38 bits per heavy atom. The van der Waals surface area contributed by atoms with Crippen molar-refractivity contribution >= 4 is 34.3 Å². The molecule has 1 aromatic heterocycles. The average Bonchev–Trinajstić information content (AvgIpc) is 2.16. The fourth-order valence-electron chi connectivity index (χ4n) is 1.28. The van der Waals surface area contributed by atoms with Crippen LogP contribution in [0.4, 0.5) is 0 Å². The molecule has 0 aliphatic carbocycles. The monoisotopic (exact) mass is 209 g/mol. The first-order chi connectivity index (χ1) is 6.31. The third-order valence-electron chi connectivity index (χ3n) is 1.85. The van der Waals surface area contributed by atoms with Crippen LogP contribution < -0.4 is 0 Å². The Morgan fingerprint density at radius 3 is 3.00 bits per heavy atom. The number of pyridine rings is 1. The van der Waals surface area contributed by atoms with E-state index in [1.165, 1.54) is 0 Å². The van der Waals surface area contributed by atoms with Crippen LogP contribution in [0.3, 0.4) is 0 Å². The summed E-state index contributed by atoms with van der Waals surface area (Å²) in [5.74, 6) is 0. The molecule has 0 saturated heterocycles. The minimum Gasteiger partial charge on any atom is -0.255 e. The lowest BCUT2D eigenvalue weighted by Gasteiger charge is -2.02. The molecule has 0 unspecified atom stereocenters. The molecule has 0 spiro atoms. The van der Waals surface area contributed by atoms with E-state index in [-0.39, 0.29) is 0 Å². The second kappa shape index (κ2) is 3.56. The number of hydrogen-bond donors (Lipinski definition) is 0. The van der Waals surface area contributed by atoms with Gasteiger partial charge in [-0.1, -0.05) is 17.7 Å². The highest BCUT2D eigenvalue weighted by Gasteiger charge is 2.02. The van der Waals surface area contributed by atoms with E-state index in [0.29, 0.717) is 0 Å². The van der Waals surface area contributed by atoms with Gasteiger partial charge >= 0.3 is 0 Å². The molecule has 0 aliphatic heterocycles. The molecule has 1 aromatic carbocycles. The zero-order chi connectivity index (χ0) is 9.26. The molecule has 0 saturated carbocycles. The first kappa shape index (κ1) is 8.85. The number of nitrogens with zero attached hydrogens (tertiary/aromatic N) is 1. The van der Waals surface area contributed by atoms with Crippen LogP contribution in [0.1, 0.15) is 0 Å². The van der Waals surface area contributed by atoms with Gasteiger partial charge < -0.3 is 0 Å². The number of halogens is 1. The van der Waals surface area contributed by atoms with Gasteiger partial charge in [-0.15, -0.1) is 11.8 Å². The maximum Gasteiger partial charge on any atom is 0.0838 e. The highest BCUT2D eigenvalue weighted by atomic mass is 35.5. The van der Waals surface area contributed by atoms with E-state index in [9.17, 15) is 0 Å². The first-order valence-electron chi connectivity index (χ1n) is 3.89. The predicted octanol–water partition coefficient (Wildman–Crippen LogP) is 3.61. The molecule has 2 aromatic rings. The normalized spacial score (nSPS) is 10.6. The summed E-state index contributed by atoms with van der Waals surface area (Å²) in [5, 5.41) is 1.87. The molecule has 0 bridgehead atoms. The summed E-state index contributed by atoms with van der Waals surface area (Å²) in [6, 6.07) is 7.82. The molecule has 0 radical (unpaired) electrons. The fourth-order valence-corrected chi connectivity index (χ4v) is 2.18. The Hall–Kier alpha value is -0.730. The molecule has 0 aliphatic rings. The summed E-state index contributed by atoms with van der Waals surface area (Å²) >= 11 is 7.63. The number of thioether (sulfide) groups is 1. The summed E-state index contributed by atoms with van der Waals surface area (Å²) in [5.41, 5.74) is 1.03. The van der Waals surface area contributed by atoms with E-state index in [0.717, 1.165) is 20.8 Å². The third-order valence-corrected chi connectivity index (χ3v) is 2.82. The van der Waals surface area contributed by atoms with Crippen molar-refractivity contribution in [2.45, 2.75) is 4.90 Å². The Bertz CT molecular complexity index is 442. The quantitative estimate of drug-likeness (QED) is 0.666. The van der Waals surface area contributed by atoms with Crippen LogP contribution in [-0.2, 0) is 0 Å². The van der Waals surface area contributed by atoms with Gasteiger partial charge in [0.15, 0.2) is 0 Å². The molecule has 13 heavy (non-hydrogen) atoms. The molecule has 1 nitrogen and oxygen atoms in total. The van der Waals surface area contributed by atoms with Gasteiger partial charge in [-0.25, -0.2) is 0 Å². The first-order valence-corrected chi connectivity index (χ1v) is 5.50. The van der Waals surface area contributed by atoms with E-state index in [2.05, 4.69) is 4.98 Å². The van der Waals surface area contributed by atoms with Crippen LogP contribution in [0.2, 0.25) is 5.02 Å². The van der Waals surface area contributed by atoms with Gasteiger partial charge in [0.1, 0.15) is 0 Å². The SMILES string of the molecule is CSc1cc(Cl)cc2cccnc12. The number of hydrogen-bond acceptors (Lipinski definition) is 2. The number of aromatic nitrogens is 1. The van der Waals surface area contributed by atoms with E-state index < -0.39 is 0 Å². The van der Waals surface area contributed by atoms with Crippen molar-refractivity contribution in [3.8, 4) is 0 Å². The fraction of sp³-hybridized carbons (Fsp3) is 0.100. The Morgan fingerprint density at radius 2 is 2.23 bits per heavy atom. The Balaban J connectivity index is 2.81. The predicted molar refractivity (Wildman–Crippen MR) is 58.5 cm³/mol. The van der Waals surface area contributed by atoms with Crippen molar-refractivity contribution in [2.75, 3.05) is 6.26 Å². The van der Waals surface area contributed by atoms with Crippen molar-refractivity contribution in [1.29, 1.82) is 0 Å². The molecule has 0 fully saturated rings. The highest BCUT2D eigenvalue weighted by molar-refractivity contribution is 7.98. The molecule has 2 rings (SSSR count). The molecule has 0 N–H and O–H groups in total. The van der Waals surface area contributed by atoms with Gasteiger partial charge in [-0.3, -0.25) is 4.98 Å². The van der Waals surface area contributed by atoms with Gasteiger partial charge in [0.05, 0.1) is 5.52 Å². The number of rotatable bonds is 1. The molecule has 0 atom stereocenters. The zero-order valence-corrected chi connectivity index (χ0v) is 8.69. The minimum absolute atomic E-state index is 0.768. The lowest BCUT2D eigenvalue weighted by atomic mass is 10.2. The minimum atomic E-state index is 0.768. The van der Waals surface area contributed by atoms with Crippen molar-refractivity contribution in [3.63, 3.8) is 0 Å². The van der Waals surface area contributed by atoms with Crippen LogP contribution in [0.25, 0.3) is 10.9 Å². The second-order valence-corrected chi connectivity index (χ2v) is 3.97. The van der Waals surface area contributed by atoms with Crippen LogP contribution >= 0.6 is 23.4 Å². The van der Waals surface area contributed by atoms with Crippen LogP contribution in [0.5, 0.6) is 0 Å². The standard InChI is InChI=1S/C10H8ClNS/c1-13-9-6-8(11)5-7-3-2-4-12-10(7)9/h2-6H,1H3. The van der Waals surface area contributed by atoms with Gasteiger partial charge in [0.2, 0.25) is 0 Å². The van der Waals surface area contributed by atoms with E-state index in [4.69, 9.17) is 11.6 Å². The number of benzene rings is 1. The summed E-state index contributed by atoms with van der Waals surface area (Å²) in [6.07, 6.45) is 3.83. The molecular weight excluding hydrogens is 202 g/mol. The topological polar surface area (TPSA) is 12.9 Å². The summed E-state index contributed by atoms with van der Waals surface area (Å²) in [4.78, 5) is 5.44. The molecule has 66 valence electrons. The van der Waals surface area contributed by atoms with E-state index in [1.54, 1.807) is 18.0 Å². The van der Waals surface area contributed by atoms with Crippen LogP contribution in [0.15, 0.2) is 35.4 Å². The Labute approximate surface area is 86.1 Å². The highest BCUT2D eigenvalue weighted by Crippen LogP contribution is 2.28. The summed E-state index contributed by atoms with van der Waals surface area (Å²) in [6.45, 7) is 0. The zero-order valence-electron chi connectivity index (χ0n) is 7.12. The molecule has 1 heterocycles. The smallest absolute Gasteiger partial charge is 0.0838 e. The lowest BCUT2D eigenvalue weighted by Crippen LogP contribution is -1.81. The van der Waals surface area contributed by atoms with E-state index >= 15 is 0 Å². The average molecular weight is 210 g/mol. The van der Waals surface area contributed by atoms with Crippen molar-refractivity contribution in [2.24, 2.45) is 0 Å². The van der Waals surface area contributed by atoms with Gasteiger partial charge in [0.25, 0.3) is 0 Å². The van der Waals surface area contributed by atoms with Crippen molar-refractivity contribution < 1.29 is 0 Å². The third kappa shape index (κ3) is 1.64. The van der Waals surface area contributed by atoms with Crippen molar-refractivity contribution in [1.82, 2.24) is 4.98 Å². The maximum atomic E-state index is 5.96. The van der Waals surface area contributed by atoms with Gasteiger partial charge in [0, 0.05) is 21.5 Å². The van der Waals surface area contributed by atoms with E-state index in [1.807, 2.05) is 30.5 Å². The van der Waals surface area contributed by atoms with Crippen LogP contribution in [0, 0.1) is 0 Å². The van der Waals surface area contributed by atoms with Gasteiger partial charge in [-0.05, 0) is 24.5 Å². The molecule has 0 amide bonds. The van der Waals surface area contributed by atoms with Crippen LogP contribution in [-0.4, -0.2) is 11.2 Å². The molecular formula is C10H8ClNS.